The Hall–Kier alpha value is -1.88. The Morgan fingerprint density at radius 1 is 1.45 bits per heavy atom. The Bertz CT molecular complexity index is 693. The van der Waals surface area contributed by atoms with Crippen LogP contribution in [0.3, 0.4) is 0 Å². The van der Waals surface area contributed by atoms with Gasteiger partial charge in [0.25, 0.3) is 0 Å². The number of imidazole rings is 1. The van der Waals surface area contributed by atoms with Gasteiger partial charge in [0.1, 0.15) is 5.65 Å². The number of carbonyl (C=O) groups is 1. The van der Waals surface area contributed by atoms with Crippen LogP contribution in [0.4, 0.5) is 0 Å². The van der Waals surface area contributed by atoms with Crippen LogP contribution in [0.2, 0.25) is 0 Å². The van der Waals surface area contributed by atoms with Gasteiger partial charge < -0.3 is 9.51 Å². The third-order valence-electron chi connectivity index (χ3n) is 4.72. The van der Waals surface area contributed by atoms with Crippen LogP contribution in [0, 0.1) is 6.92 Å². The van der Waals surface area contributed by atoms with Gasteiger partial charge in [0.2, 0.25) is 0 Å². The van der Waals surface area contributed by atoms with Gasteiger partial charge in [0.15, 0.2) is 5.69 Å². The van der Waals surface area contributed by atoms with Crippen molar-refractivity contribution < 1.29 is 9.90 Å². The van der Waals surface area contributed by atoms with E-state index in [1.807, 2.05) is 29.7 Å². The Balaban J connectivity index is 2.03. The number of aryl methyl sites for hydroxylation is 1. The molecular formula is C17H23N3O2. The maximum Gasteiger partial charge on any atom is 0.356 e. The minimum Gasteiger partial charge on any atom is -0.476 e. The number of pyridine rings is 1. The molecule has 0 aliphatic carbocycles. The predicted molar refractivity (Wildman–Crippen MR) is 85.2 cm³/mol. The maximum atomic E-state index is 11.6. The quantitative estimate of drug-likeness (QED) is 0.942. The predicted octanol–water partition coefficient (Wildman–Crippen LogP) is 3.11. The number of piperidine rings is 1. The van der Waals surface area contributed by atoms with Gasteiger partial charge in [-0.2, -0.15) is 0 Å². The van der Waals surface area contributed by atoms with Crippen molar-refractivity contribution >= 4 is 11.6 Å². The zero-order valence-electron chi connectivity index (χ0n) is 13.2. The molecule has 0 spiro atoms. The second-order valence-electron chi connectivity index (χ2n) is 6.13. The third kappa shape index (κ3) is 2.61. The molecule has 1 fully saturated rings. The molecule has 1 atom stereocenters. The number of fused-ring (bicyclic) bond motifs is 1. The maximum absolute atomic E-state index is 11.6. The summed E-state index contributed by atoms with van der Waals surface area (Å²) in [5.74, 6) is -0.942. The zero-order valence-corrected chi connectivity index (χ0v) is 13.2. The van der Waals surface area contributed by atoms with Crippen LogP contribution in [0.25, 0.3) is 5.65 Å². The van der Waals surface area contributed by atoms with E-state index in [1.54, 1.807) is 0 Å². The van der Waals surface area contributed by atoms with Crippen molar-refractivity contribution in [3.05, 3.63) is 35.3 Å². The summed E-state index contributed by atoms with van der Waals surface area (Å²) in [6.45, 7) is 5.87. The van der Waals surface area contributed by atoms with E-state index in [0.29, 0.717) is 12.6 Å². The average Bonchev–Trinajstić information content (AvgIpc) is 2.88. The summed E-state index contributed by atoms with van der Waals surface area (Å²) >= 11 is 0. The second kappa shape index (κ2) is 6.08. The molecule has 3 heterocycles. The molecule has 0 aromatic carbocycles. The number of rotatable bonds is 4. The van der Waals surface area contributed by atoms with Crippen molar-refractivity contribution in [3.63, 3.8) is 0 Å². The van der Waals surface area contributed by atoms with Crippen LogP contribution in [0.1, 0.15) is 54.4 Å². The van der Waals surface area contributed by atoms with Crippen molar-refractivity contribution in [3.8, 4) is 0 Å². The molecule has 3 rings (SSSR count). The first-order chi connectivity index (χ1) is 10.6. The van der Waals surface area contributed by atoms with Crippen LogP contribution in [0.15, 0.2) is 18.3 Å². The van der Waals surface area contributed by atoms with Crippen LogP contribution < -0.4 is 0 Å². The molecule has 1 aliphatic rings. The zero-order chi connectivity index (χ0) is 15.7. The highest BCUT2D eigenvalue weighted by Crippen LogP contribution is 2.24. The molecule has 0 radical (unpaired) electrons. The average molecular weight is 301 g/mol. The standard InChI is InChI=1S/C17H23N3O2/c1-3-13-8-4-5-9-19(13)11-14-15(17(21)22)18-16-12(2)7-6-10-20(14)16/h6-7,10,13H,3-5,8-9,11H2,1-2H3,(H,21,22). The first kappa shape index (κ1) is 15.0. The first-order valence-electron chi connectivity index (χ1n) is 8.05. The fraction of sp³-hybridized carbons (Fsp3) is 0.529. The number of nitrogens with zero attached hydrogens (tertiary/aromatic N) is 3. The molecule has 118 valence electrons. The number of hydrogen-bond donors (Lipinski definition) is 1. The molecule has 1 N–H and O–H groups in total. The van der Waals surface area contributed by atoms with Crippen molar-refractivity contribution in [1.82, 2.24) is 14.3 Å². The lowest BCUT2D eigenvalue weighted by Gasteiger charge is -2.35. The van der Waals surface area contributed by atoms with Gasteiger partial charge in [-0.3, -0.25) is 4.90 Å². The normalized spacial score (nSPS) is 19.6. The van der Waals surface area contributed by atoms with Gasteiger partial charge in [-0.1, -0.05) is 19.4 Å². The Labute approximate surface area is 130 Å². The second-order valence-corrected chi connectivity index (χ2v) is 6.13. The molecule has 5 nitrogen and oxygen atoms in total. The Morgan fingerprint density at radius 3 is 3.00 bits per heavy atom. The number of aromatic nitrogens is 2. The molecule has 2 aromatic heterocycles. The minimum absolute atomic E-state index is 0.190. The third-order valence-corrected chi connectivity index (χ3v) is 4.72. The molecule has 0 bridgehead atoms. The Morgan fingerprint density at radius 2 is 2.27 bits per heavy atom. The summed E-state index contributed by atoms with van der Waals surface area (Å²) in [6.07, 6.45) is 6.69. The molecule has 1 unspecified atom stereocenters. The summed E-state index contributed by atoms with van der Waals surface area (Å²) in [4.78, 5) is 18.4. The highest BCUT2D eigenvalue weighted by molar-refractivity contribution is 5.88. The number of carboxylic acids is 1. The highest BCUT2D eigenvalue weighted by Gasteiger charge is 2.26. The molecule has 2 aromatic rings. The first-order valence-corrected chi connectivity index (χ1v) is 8.05. The van der Waals surface area contributed by atoms with E-state index in [0.717, 1.165) is 29.9 Å². The lowest BCUT2D eigenvalue weighted by molar-refractivity contribution is 0.0685. The van der Waals surface area contributed by atoms with E-state index in [1.165, 1.54) is 19.3 Å². The molecule has 5 heteroatoms. The van der Waals surface area contributed by atoms with Crippen molar-refractivity contribution in [2.75, 3.05) is 6.54 Å². The topological polar surface area (TPSA) is 57.8 Å². The number of aromatic carboxylic acids is 1. The largest absolute Gasteiger partial charge is 0.476 e. The summed E-state index contributed by atoms with van der Waals surface area (Å²) in [5.41, 5.74) is 2.74. The Kier molecular flexibility index (Phi) is 4.16. The fourth-order valence-electron chi connectivity index (χ4n) is 3.50. The molecule has 0 saturated carbocycles. The lowest BCUT2D eigenvalue weighted by Crippen LogP contribution is -2.39. The molecule has 1 saturated heterocycles. The number of carboxylic acid groups (broad SMARTS) is 1. The van der Waals surface area contributed by atoms with Gasteiger partial charge in [-0.25, -0.2) is 9.78 Å². The highest BCUT2D eigenvalue weighted by atomic mass is 16.4. The van der Waals surface area contributed by atoms with E-state index >= 15 is 0 Å². The molecule has 1 aliphatic heterocycles. The smallest absolute Gasteiger partial charge is 0.356 e. The van der Waals surface area contributed by atoms with Crippen molar-refractivity contribution in [2.45, 2.75) is 52.1 Å². The van der Waals surface area contributed by atoms with Crippen LogP contribution >= 0.6 is 0 Å². The van der Waals surface area contributed by atoms with Crippen LogP contribution in [-0.2, 0) is 6.54 Å². The van der Waals surface area contributed by atoms with Gasteiger partial charge in [-0.15, -0.1) is 0 Å². The summed E-state index contributed by atoms with van der Waals surface area (Å²) < 4.78 is 1.94. The van der Waals surface area contributed by atoms with E-state index in [4.69, 9.17) is 0 Å². The monoisotopic (exact) mass is 301 g/mol. The van der Waals surface area contributed by atoms with E-state index < -0.39 is 5.97 Å². The molecule has 22 heavy (non-hydrogen) atoms. The van der Waals surface area contributed by atoms with Gasteiger partial charge >= 0.3 is 5.97 Å². The van der Waals surface area contributed by atoms with E-state index in [9.17, 15) is 9.90 Å². The van der Waals surface area contributed by atoms with Crippen molar-refractivity contribution in [1.29, 1.82) is 0 Å². The van der Waals surface area contributed by atoms with Gasteiger partial charge in [0, 0.05) is 18.8 Å². The summed E-state index contributed by atoms with van der Waals surface area (Å²) in [5, 5.41) is 9.52. The summed E-state index contributed by atoms with van der Waals surface area (Å²) in [6, 6.07) is 4.46. The SMILES string of the molecule is CCC1CCCCN1Cc1c(C(=O)O)nc2c(C)cccn12. The van der Waals surface area contributed by atoms with E-state index in [-0.39, 0.29) is 5.69 Å². The van der Waals surface area contributed by atoms with Crippen molar-refractivity contribution in [2.24, 2.45) is 0 Å². The number of likely N-dealkylation sites (tertiary alicyclic amines) is 1. The minimum atomic E-state index is -0.942. The fourth-order valence-corrected chi connectivity index (χ4v) is 3.50. The molecule has 0 amide bonds. The van der Waals surface area contributed by atoms with E-state index in [2.05, 4.69) is 16.8 Å². The van der Waals surface area contributed by atoms with Crippen LogP contribution in [-0.4, -0.2) is 37.9 Å². The van der Waals surface area contributed by atoms with Crippen LogP contribution in [0.5, 0.6) is 0 Å². The van der Waals surface area contributed by atoms with Gasteiger partial charge in [0.05, 0.1) is 5.69 Å². The lowest BCUT2D eigenvalue weighted by atomic mass is 10.00. The molecular weight excluding hydrogens is 278 g/mol. The number of hydrogen-bond acceptors (Lipinski definition) is 3. The van der Waals surface area contributed by atoms with Gasteiger partial charge in [-0.05, 0) is 44.4 Å². The summed E-state index contributed by atoms with van der Waals surface area (Å²) in [7, 11) is 0.